The Hall–Kier alpha value is -4.97. The van der Waals surface area contributed by atoms with Crippen molar-refractivity contribution in [2.45, 2.75) is 27.7 Å². The van der Waals surface area contributed by atoms with Crippen LogP contribution in [-0.2, 0) is 0 Å². The van der Waals surface area contributed by atoms with Gasteiger partial charge in [0.2, 0.25) is 0 Å². The Labute approximate surface area is 228 Å². The summed E-state index contributed by atoms with van der Waals surface area (Å²) in [6.45, 7) is 8.27. The van der Waals surface area contributed by atoms with Gasteiger partial charge < -0.3 is 4.74 Å². The quantitative estimate of drug-likeness (QED) is 0.229. The molecule has 192 valence electrons. The minimum absolute atomic E-state index is 0.735. The Bertz CT molecular complexity index is 1640. The van der Waals surface area contributed by atoms with E-state index in [-0.39, 0.29) is 0 Å². The molecule has 6 nitrogen and oxygen atoms in total. The molecule has 0 unspecified atom stereocenters. The molecule has 0 N–H and O–H groups in total. The summed E-state index contributed by atoms with van der Waals surface area (Å²) in [5.41, 5.74) is 10.5. The van der Waals surface area contributed by atoms with E-state index in [9.17, 15) is 0 Å². The zero-order chi connectivity index (χ0) is 26.9. The highest BCUT2D eigenvalue weighted by Crippen LogP contribution is 2.32. The van der Waals surface area contributed by atoms with Gasteiger partial charge in [-0.25, -0.2) is 9.36 Å². The summed E-state index contributed by atoms with van der Waals surface area (Å²) in [5.74, 6) is 1.47. The second-order valence-electron chi connectivity index (χ2n) is 9.62. The molecule has 0 saturated carbocycles. The van der Waals surface area contributed by atoms with Crippen LogP contribution in [0.25, 0.3) is 33.6 Å². The lowest BCUT2D eigenvalue weighted by Gasteiger charge is -2.11. The standard InChI is InChI=1S/C33H29N5O/c1-22-32(26-11-6-5-7-12-26)24(3)37(35-22)28-14-8-16-30(19-28)39-31-17-9-15-29(20-31)38-25(4)33(23(2)36-38)27-13-10-18-34-21-27/h5-21H,1-4H3. The number of hydrogen-bond donors (Lipinski definition) is 0. The number of pyridine rings is 1. The maximum absolute atomic E-state index is 6.33. The van der Waals surface area contributed by atoms with Crippen molar-refractivity contribution in [3.8, 4) is 45.1 Å². The molecule has 6 rings (SSSR count). The molecule has 6 heteroatoms. The number of rotatable bonds is 6. The van der Waals surface area contributed by atoms with E-state index in [1.807, 2.05) is 83.1 Å². The van der Waals surface area contributed by atoms with Crippen molar-refractivity contribution >= 4 is 0 Å². The van der Waals surface area contributed by atoms with E-state index in [1.54, 1.807) is 6.20 Å². The van der Waals surface area contributed by atoms with Crippen molar-refractivity contribution in [1.29, 1.82) is 0 Å². The summed E-state index contributed by atoms with van der Waals surface area (Å²) >= 11 is 0. The SMILES string of the molecule is Cc1nn(-c2cccc(Oc3cccc(-n4nc(C)c(-c5cccnc5)c4C)c3)c2)c(C)c1-c1ccccc1. The van der Waals surface area contributed by atoms with Crippen LogP contribution in [0.1, 0.15) is 22.8 Å². The van der Waals surface area contributed by atoms with Crippen molar-refractivity contribution in [3.05, 3.63) is 126 Å². The van der Waals surface area contributed by atoms with Crippen LogP contribution in [-0.4, -0.2) is 24.5 Å². The van der Waals surface area contributed by atoms with Gasteiger partial charge in [-0.05, 0) is 63.6 Å². The Morgan fingerprint density at radius 3 is 1.64 bits per heavy atom. The van der Waals surface area contributed by atoms with Crippen LogP contribution in [0, 0.1) is 27.7 Å². The monoisotopic (exact) mass is 511 g/mol. The van der Waals surface area contributed by atoms with Crippen LogP contribution in [0.4, 0.5) is 0 Å². The van der Waals surface area contributed by atoms with E-state index in [4.69, 9.17) is 14.9 Å². The summed E-state index contributed by atoms with van der Waals surface area (Å²) in [6.07, 6.45) is 3.66. The third kappa shape index (κ3) is 4.61. The Morgan fingerprint density at radius 2 is 1.10 bits per heavy atom. The lowest BCUT2D eigenvalue weighted by molar-refractivity contribution is 0.481. The molecule has 6 aromatic rings. The number of hydrogen-bond acceptors (Lipinski definition) is 4. The molecule has 0 fully saturated rings. The molecule has 0 saturated heterocycles. The molecule has 3 aromatic carbocycles. The number of aromatic nitrogens is 5. The fourth-order valence-corrected chi connectivity index (χ4v) is 5.23. The van der Waals surface area contributed by atoms with Gasteiger partial charge in [0.05, 0.1) is 22.8 Å². The average Bonchev–Trinajstić information content (AvgIpc) is 3.43. The molecule has 39 heavy (non-hydrogen) atoms. The van der Waals surface area contributed by atoms with Crippen molar-refractivity contribution in [2.75, 3.05) is 0 Å². The molecule has 3 heterocycles. The Balaban J connectivity index is 1.30. The molecule has 0 aliphatic carbocycles. The molecular formula is C33H29N5O. The first-order chi connectivity index (χ1) is 19.0. The van der Waals surface area contributed by atoms with E-state index in [0.717, 1.165) is 62.3 Å². The first kappa shape index (κ1) is 24.4. The molecule has 0 spiro atoms. The normalized spacial score (nSPS) is 11.1. The number of benzene rings is 3. The van der Waals surface area contributed by atoms with E-state index < -0.39 is 0 Å². The van der Waals surface area contributed by atoms with Gasteiger partial charge in [0.25, 0.3) is 0 Å². The molecular weight excluding hydrogens is 482 g/mol. The number of ether oxygens (including phenoxy) is 1. The van der Waals surface area contributed by atoms with Crippen LogP contribution in [0.5, 0.6) is 11.5 Å². The summed E-state index contributed by atoms with van der Waals surface area (Å²) in [6, 6.07) is 30.4. The van der Waals surface area contributed by atoms with Gasteiger partial charge in [0.1, 0.15) is 11.5 Å². The van der Waals surface area contributed by atoms with Gasteiger partial charge in [-0.1, -0.05) is 48.5 Å². The predicted molar refractivity (Wildman–Crippen MR) is 155 cm³/mol. The zero-order valence-corrected chi connectivity index (χ0v) is 22.5. The third-order valence-electron chi connectivity index (χ3n) is 6.96. The van der Waals surface area contributed by atoms with E-state index in [2.05, 4.69) is 56.1 Å². The van der Waals surface area contributed by atoms with Gasteiger partial charge in [-0.15, -0.1) is 0 Å². The molecule has 0 atom stereocenters. The summed E-state index contributed by atoms with van der Waals surface area (Å²) in [5, 5.41) is 9.67. The van der Waals surface area contributed by atoms with Crippen LogP contribution in [0.15, 0.2) is 103 Å². The number of nitrogens with zero attached hydrogens (tertiary/aromatic N) is 5. The molecule has 0 aliphatic heterocycles. The van der Waals surface area contributed by atoms with Gasteiger partial charge >= 0.3 is 0 Å². The maximum atomic E-state index is 6.33. The highest BCUT2D eigenvalue weighted by molar-refractivity contribution is 5.70. The summed E-state index contributed by atoms with van der Waals surface area (Å²) in [4.78, 5) is 4.28. The second kappa shape index (κ2) is 10.1. The summed E-state index contributed by atoms with van der Waals surface area (Å²) in [7, 11) is 0. The van der Waals surface area contributed by atoms with Crippen molar-refractivity contribution in [2.24, 2.45) is 0 Å². The minimum Gasteiger partial charge on any atom is -0.457 e. The van der Waals surface area contributed by atoms with Crippen molar-refractivity contribution < 1.29 is 4.74 Å². The zero-order valence-electron chi connectivity index (χ0n) is 22.5. The average molecular weight is 512 g/mol. The van der Waals surface area contributed by atoms with E-state index in [1.165, 1.54) is 5.56 Å². The smallest absolute Gasteiger partial charge is 0.129 e. The fraction of sp³-hybridized carbons (Fsp3) is 0.121. The van der Waals surface area contributed by atoms with E-state index in [0.29, 0.717) is 0 Å². The van der Waals surface area contributed by atoms with Gasteiger partial charge in [0.15, 0.2) is 0 Å². The Kier molecular flexibility index (Phi) is 6.29. The molecule has 0 aliphatic rings. The molecule has 0 radical (unpaired) electrons. The van der Waals surface area contributed by atoms with Crippen LogP contribution in [0.3, 0.4) is 0 Å². The van der Waals surface area contributed by atoms with Crippen LogP contribution >= 0.6 is 0 Å². The first-order valence-electron chi connectivity index (χ1n) is 13.0. The van der Waals surface area contributed by atoms with Crippen LogP contribution in [0.2, 0.25) is 0 Å². The Morgan fingerprint density at radius 1 is 0.564 bits per heavy atom. The van der Waals surface area contributed by atoms with Crippen LogP contribution < -0.4 is 4.74 Å². The number of aryl methyl sites for hydroxylation is 2. The fourth-order valence-electron chi connectivity index (χ4n) is 5.23. The summed E-state index contributed by atoms with van der Waals surface area (Å²) < 4.78 is 10.3. The largest absolute Gasteiger partial charge is 0.457 e. The van der Waals surface area contributed by atoms with Gasteiger partial charge in [-0.2, -0.15) is 10.2 Å². The lowest BCUT2D eigenvalue weighted by Crippen LogP contribution is -2.00. The van der Waals surface area contributed by atoms with Crippen molar-refractivity contribution in [3.63, 3.8) is 0 Å². The lowest BCUT2D eigenvalue weighted by atomic mass is 10.0. The maximum Gasteiger partial charge on any atom is 0.129 e. The molecule has 0 bridgehead atoms. The van der Waals surface area contributed by atoms with E-state index >= 15 is 0 Å². The highest BCUT2D eigenvalue weighted by Gasteiger charge is 2.16. The van der Waals surface area contributed by atoms with Gasteiger partial charge in [-0.3, -0.25) is 4.98 Å². The predicted octanol–water partition coefficient (Wildman–Crippen LogP) is 7.81. The van der Waals surface area contributed by atoms with Crippen molar-refractivity contribution in [1.82, 2.24) is 24.5 Å². The molecule has 3 aromatic heterocycles. The van der Waals surface area contributed by atoms with Gasteiger partial charge in [0, 0.05) is 52.6 Å². The third-order valence-corrected chi connectivity index (χ3v) is 6.96. The first-order valence-corrected chi connectivity index (χ1v) is 13.0. The minimum atomic E-state index is 0.735. The highest BCUT2D eigenvalue weighted by atomic mass is 16.5. The molecule has 0 amide bonds. The topological polar surface area (TPSA) is 57.8 Å². The second-order valence-corrected chi connectivity index (χ2v) is 9.62.